The van der Waals surface area contributed by atoms with Crippen molar-refractivity contribution in [2.24, 2.45) is 5.92 Å². The molecule has 0 aliphatic heterocycles. The van der Waals surface area contributed by atoms with Crippen molar-refractivity contribution in [3.05, 3.63) is 6.92 Å². The van der Waals surface area contributed by atoms with Crippen molar-refractivity contribution in [2.45, 2.75) is 31.8 Å². The summed E-state index contributed by atoms with van der Waals surface area (Å²) in [5.41, 5.74) is 0. The van der Waals surface area contributed by atoms with E-state index in [0.717, 1.165) is 5.92 Å². The quantitative estimate of drug-likeness (QED) is 0.551. The van der Waals surface area contributed by atoms with E-state index in [-0.39, 0.29) is 6.10 Å². The minimum atomic E-state index is 0.243. The van der Waals surface area contributed by atoms with E-state index in [4.69, 9.17) is 4.74 Å². The summed E-state index contributed by atoms with van der Waals surface area (Å²) in [5, 5.41) is 0. The summed E-state index contributed by atoms with van der Waals surface area (Å²) >= 11 is 0. The van der Waals surface area contributed by atoms with Gasteiger partial charge in [-0.2, -0.15) is 0 Å². The van der Waals surface area contributed by atoms with Crippen LogP contribution in [0.2, 0.25) is 0 Å². The summed E-state index contributed by atoms with van der Waals surface area (Å²) in [6.45, 7) is 3.92. The van der Waals surface area contributed by atoms with Crippen molar-refractivity contribution in [1.82, 2.24) is 0 Å². The Morgan fingerprint density at radius 3 is 2.44 bits per heavy atom. The Morgan fingerprint density at radius 1 is 1.44 bits per heavy atom. The Kier molecular flexibility index (Phi) is 2.52. The molecule has 1 heteroatoms. The third kappa shape index (κ3) is 1.68. The molecule has 0 heterocycles. The molecule has 0 spiro atoms. The Bertz CT molecular complexity index is 74.6. The van der Waals surface area contributed by atoms with Crippen LogP contribution in [0.4, 0.5) is 0 Å². The third-order valence-electron chi connectivity index (χ3n) is 2.23. The molecule has 1 nitrogen and oxygen atoms in total. The predicted molar refractivity (Wildman–Crippen MR) is 38.1 cm³/mol. The Morgan fingerprint density at radius 2 is 2.00 bits per heavy atom. The van der Waals surface area contributed by atoms with Crippen LogP contribution in [0.15, 0.2) is 0 Å². The van der Waals surface area contributed by atoms with Crippen LogP contribution in [0.3, 0.4) is 0 Å². The van der Waals surface area contributed by atoms with E-state index in [2.05, 4.69) is 6.92 Å². The molecule has 1 saturated carbocycles. The van der Waals surface area contributed by atoms with Crippen LogP contribution >= 0.6 is 0 Å². The molecule has 1 aliphatic carbocycles. The minimum absolute atomic E-state index is 0.243. The monoisotopic (exact) mass is 127 g/mol. The molecule has 0 aromatic rings. The highest BCUT2D eigenvalue weighted by Gasteiger charge is 2.20. The fraction of sp³-hybridized carbons (Fsp3) is 0.875. The van der Waals surface area contributed by atoms with Crippen molar-refractivity contribution in [1.29, 1.82) is 0 Å². The maximum absolute atomic E-state index is 5.12. The van der Waals surface area contributed by atoms with Gasteiger partial charge in [0.25, 0.3) is 0 Å². The summed E-state index contributed by atoms with van der Waals surface area (Å²) < 4.78 is 5.12. The van der Waals surface area contributed by atoms with Gasteiger partial charge in [-0.25, -0.2) is 0 Å². The highest BCUT2D eigenvalue weighted by molar-refractivity contribution is 4.76. The standard InChI is InChI=1S/C8H15O/c1-7(9-2)8-5-3-4-6-8/h7-8H,1,3-6H2,2H3. The van der Waals surface area contributed by atoms with Gasteiger partial charge in [-0.05, 0) is 25.7 Å². The van der Waals surface area contributed by atoms with Gasteiger partial charge in [0.2, 0.25) is 0 Å². The van der Waals surface area contributed by atoms with Gasteiger partial charge in [0, 0.05) is 7.11 Å². The zero-order chi connectivity index (χ0) is 6.69. The normalized spacial score (nSPS) is 24.7. The van der Waals surface area contributed by atoms with E-state index in [1.54, 1.807) is 7.11 Å². The van der Waals surface area contributed by atoms with Crippen molar-refractivity contribution in [3.63, 3.8) is 0 Å². The van der Waals surface area contributed by atoms with Crippen LogP contribution in [0.5, 0.6) is 0 Å². The van der Waals surface area contributed by atoms with Crippen molar-refractivity contribution in [3.8, 4) is 0 Å². The fourth-order valence-electron chi connectivity index (χ4n) is 1.52. The second-order valence-corrected chi connectivity index (χ2v) is 2.82. The van der Waals surface area contributed by atoms with Gasteiger partial charge in [-0.3, -0.25) is 0 Å². The van der Waals surface area contributed by atoms with Gasteiger partial charge < -0.3 is 4.74 Å². The van der Waals surface area contributed by atoms with Crippen molar-refractivity contribution >= 4 is 0 Å². The molecule has 1 atom stereocenters. The number of methoxy groups -OCH3 is 1. The number of hydrogen-bond donors (Lipinski definition) is 0. The largest absolute Gasteiger partial charge is 0.381 e. The maximum atomic E-state index is 5.12. The highest BCUT2D eigenvalue weighted by atomic mass is 16.5. The van der Waals surface area contributed by atoms with E-state index >= 15 is 0 Å². The maximum Gasteiger partial charge on any atom is 0.0600 e. The fourth-order valence-corrected chi connectivity index (χ4v) is 1.52. The van der Waals surface area contributed by atoms with Crippen molar-refractivity contribution < 1.29 is 4.74 Å². The van der Waals surface area contributed by atoms with E-state index in [9.17, 15) is 0 Å². The first-order valence-electron chi connectivity index (χ1n) is 3.70. The Balaban J connectivity index is 2.24. The molecule has 0 N–H and O–H groups in total. The third-order valence-corrected chi connectivity index (χ3v) is 2.23. The second kappa shape index (κ2) is 3.21. The summed E-state index contributed by atoms with van der Waals surface area (Å²) in [7, 11) is 1.75. The van der Waals surface area contributed by atoms with Crippen LogP contribution in [0.25, 0.3) is 0 Å². The van der Waals surface area contributed by atoms with E-state index < -0.39 is 0 Å². The number of ether oxygens (including phenoxy) is 1. The summed E-state index contributed by atoms with van der Waals surface area (Å²) in [5.74, 6) is 0.745. The molecule has 1 fully saturated rings. The zero-order valence-electron chi connectivity index (χ0n) is 6.10. The van der Waals surface area contributed by atoms with Crippen LogP contribution in [0.1, 0.15) is 25.7 Å². The lowest BCUT2D eigenvalue weighted by atomic mass is 10.0. The second-order valence-electron chi connectivity index (χ2n) is 2.82. The van der Waals surface area contributed by atoms with Gasteiger partial charge in [0.15, 0.2) is 0 Å². The van der Waals surface area contributed by atoms with Gasteiger partial charge in [-0.15, -0.1) is 0 Å². The Labute approximate surface area is 57.4 Å². The minimum Gasteiger partial charge on any atom is -0.381 e. The van der Waals surface area contributed by atoms with Gasteiger partial charge in [0.05, 0.1) is 6.10 Å². The SMILES string of the molecule is [CH2]C(OC)C1CCCC1. The average Bonchev–Trinajstić information content (AvgIpc) is 2.37. The molecule has 53 valence electrons. The lowest BCUT2D eigenvalue weighted by molar-refractivity contribution is 0.0898. The summed E-state index contributed by atoms with van der Waals surface area (Å²) in [6.07, 6.45) is 5.64. The summed E-state index contributed by atoms with van der Waals surface area (Å²) in [4.78, 5) is 0. The number of rotatable bonds is 2. The molecule has 0 aromatic heterocycles. The van der Waals surface area contributed by atoms with E-state index in [0.29, 0.717) is 0 Å². The molecular weight excluding hydrogens is 112 g/mol. The first-order valence-corrected chi connectivity index (χ1v) is 3.70. The smallest absolute Gasteiger partial charge is 0.0600 e. The zero-order valence-corrected chi connectivity index (χ0v) is 6.10. The molecule has 1 radical (unpaired) electrons. The van der Waals surface area contributed by atoms with Crippen molar-refractivity contribution in [2.75, 3.05) is 7.11 Å². The topological polar surface area (TPSA) is 9.23 Å². The summed E-state index contributed by atoms with van der Waals surface area (Å²) in [6, 6.07) is 0. The van der Waals surface area contributed by atoms with Gasteiger partial charge in [-0.1, -0.05) is 12.8 Å². The van der Waals surface area contributed by atoms with Crippen LogP contribution in [-0.2, 0) is 4.74 Å². The predicted octanol–water partition coefficient (Wildman–Crippen LogP) is 2.03. The molecule has 9 heavy (non-hydrogen) atoms. The van der Waals surface area contributed by atoms with Gasteiger partial charge >= 0.3 is 0 Å². The molecule has 1 unspecified atom stereocenters. The Hall–Kier alpha value is -0.0400. The van der Waals surface area contributed by atoms with Crippen LogP contribution in [-0.4, -0.2) is 13.2 Å². The van der Waals surface area contributed by atoms with E-state index in [1.165, 1.54) is 25.7 Å². The average molecular weight is 127 g/mol. The molecule has 0 amide bonds. The highest BCUT2D eigenvalue weighted by Crippen LogP contribution is 2.28. The molecule has 0 bridgehead atoms. The van der Waals surface area contributed by atoms with Crippen LogP contribution < -0.4 is 0 Å². The van der Waals surface area contributed by atoms with E-state index in [1.807, 2.05) is 0 Å². The first-order chi connectivity index (χ1) is 4.34. The number of hydrogen-bond acceptors (Lipinski definition) is 1. The van der Waals surface area contributed by atoms with Gasteiger partial charge in [0.1, 0.15) is 0 Å². The molecule has 0 saturated heterocycles. The molecule has 1 rings (SSSR count). The molecule has 0 aromatic carbocycles. The lowest BCUT2D eigenvalue weighted by Crippen LogP contribution is -2.15. The molecule has 1 aliphatic rings. The lowest BCUT2D eigenvalue weighted by Gasteiger charge is -2.15. The molecular formula is C8H15O. The van der Waals surface area contributed by atoms with Crippen LogP contribution in [0, 0.1) is 12.8 Å². The first kappa shape index (κ1) is 7.07.